The Morgan fingerprint density at radius 1 is 1.06 bits per heavy atom. The van der Waals surface area contributed by atoms with Crippen LogP contribution in [-0.4, -0.2) is 68.3 Å². The number of hydrogen-bond donors (Lipinski definition) is 2. The van der Waals surface area contributed by atoms with E-state index in [1.165, 1.54) is 0 Å². The predicted octanol–water partition coefficient (Wildman–Crippen LogP) is -0.562. The summed E-state index contributed by atoms with van der Waals surface area (Å²) in [6.45, 7) is 7.65. The Kier molecular flexibility index (Phi) is 6.91. The molecule has 0 bridgehead atoms. The molecule has 4 N–H and O–H groups in total. The van der Waals surface area contributed by atoms with Gasteiger partial charge in [-0.15, -0.1) is 0 Å². The Morgan fingerprint density at radius 3 is 2.06 bits per heavy atom. The zero-order valence-corrected chi connectivity index (χ0v) is 10.4. The van der Waals surface area contributed by atoms with Crippen molar-refractivity contribution in [1.29, 1.82) is 0 Å². The average Bonchev–Trinajstić information content (AvgIpc) is 2.33. The Labute approximate surface area is 103 Å². The predicted molar refractivity (Wildman–Crippen MR) is 66.7 cm³/mol. The molecule has 17 heavy (non-hydrogen) atoms. The fourth-order valence-electron chi connectivity index (χ4n) is 2.01. The number of ether oxygens (including phenoxy) is 1. The third-order valence-corrected chi connectivity index (χ3v) is 3.01. The normalized spacial score (nSPS) is 18.2. The minimum atomic E-state index is -0.684. The van der Waals surface area contributed by atoms with E-state index in [0.29, 0.717) is 6.61 Å². The third-order valence-electron chi connectivity index (χ3n) is 3.01. The molecule has 1 saturated heterocycles. The summed E-state index contributed by atoms with van der Waals surface area (Å²) in [4.78, 5) is 15.2. The van der Waals surface area contributed by atoms with Crippen LogP contribution in [0.3, 0.4) is 0 Å². The van der Waals surface area contributed by atoms with Crippen LogP contribution in [0.4, 0.5) is 4.79 Å². The summed E-state index contributed by atoms with van der Waals surface area (Å²) in [6.07, 6.45) is 1.25. The molecule has 0 aromatic carbocycles. The van der Waals surface area contributed by atoms with Gasteiger partial charge in [0.05, 0.1) is 6.61 Å². The highest BCUT2D eigenvalue weighted by molar-refractivity contribution is 5.64. The molecule has 6 heteroatoms. The monoisotopic (exact) mass is 244 g/mol. The van der Waals surface area contributed by atoms with Crippen LogP contribution in [0.2, 0.25) is 0 Å². The summed E-state index contributed by atoms with van der Waals surface area (Å²) in [5, 5.41) is 0. The number of rotatable bonds is 7. The van der Waals surface area contributed by atoms with Crippen LogP contribution in [0.5, 0.6) is 0 Å². The Hall–Kier alpha value is -0.850. The maximum Gasteiger partial charge on any atom is 0.404 e. The molecule has 0 radical (unpaired) electrons. The van der Waals surface area contributed by atoms with Crippen molar-refractivity contribution in [3.63, 3.8) is 0 Å². The fourth-order valence-corrected chi connectivity index (χ4v) is 2.01. The molecule has 0 aliphatic carbocycles. The average molecular weight is 244 g/mol. The number of hydrogen-bond acceptors (Lipinski definition) is 5. The number of carbonyl (C=O) groups excluding carboxylic acids is 1. The first-order chi connectivity index (χ1) is 8.22. The lowest BCUT2D eigenvalue weighted by Crippen LogP contribution is -2.47. The van der Waals surface area contributed by atoms with Crippen molar-refractivity contribution < 1.29 is 9.53 Å². The molecule has 1 amide bonds. The molecule has 1 fully saturated rings. The minimum absolute atomic E-state index is 0.419. The van der Waals surface area contributed by atoms with E-state index in [9.17, 15) is 4.79 Å². The van der Waals surface area contributed by atoms with Gasteiger partial charge in [0.25, 0.3) is 0 Å². The Balaban J connectivity index is 2.01. The second kappa shape index (κ2) is 8.27. The number of nitrogens with two attached hydrogens (primary N) is 2. The second-order valence-corrected chi connectivity index (χ2v) is 4.35. The second-order valence-electron chi connectivity index (χ2n) is 4.35. The molecule has 0 spiro atoms. The topological polar surface area (TPSA) is 84.8 Å². The minimum Gasteiger partial charge on any atom is -0.450 e. The fraction of sp³-hybridized carbons (Fsp3) is 0.909. The van der Waals surface area contributed by atoms with Gasteiger partial charge in [0.1, 0.15) is 0 Å². The van der Waals surface area contributed by atoms with Crippen molar-refractivity contribution in [2.75, 3.05) is 52.4 Å². The highest BCUT2D eigenvalue weighted by Crippen LogP contribution is 2.03. The maximum atomic E-state index is 10.4. The van der Waals surface area contributed by atoms with Crippen LogP contribution >= 0.6 is 0 Å². The molecule has 0 aromatic rings. The highest BCUT2D eigenvalue weighted by Gasteiger charge is 2.15. The van der Waals surface area contributed by atoms with Gasteiger partial charge in [0, 0.05) is 32.7 Å². The Morgan fingerprint density at radius 2 is 1.59 bits per heavy atom. The van der Waals surface area contributed by atoms with E-state index in [-0.39, 0.29) is 0 Å². The van der Waals surface area contributed by atoms with E-state index in [1.807, 2.05) is 0 Å². The van der Waals surface area contributed by atoms with Crippen LogP contribution < -0.4 is 11.5 Å². The lowest BCUT2D eigenvalue weighted by Gasteiger charge is -2.34. The van der Waals surface area contributed by atoms with Gasteiger partial charge in [-0.2, -0.15) is 0 Å². The zero-order chi connectivity index (χ0) is 12.5. The molecule has 6 nitrogen and oxygen atoms in total. The molecule has 100 valence electrons. The SMILES string of the molecule is NCCCN1CCN(CCCOC(N)=O)CC1. The van der Waals surface area contributed by atoms with Crippen LogP contribution in [0.15, 0.2) is 0 Å². The quantitative estimate of drug-likeness (QED) is 0.586. The summed E-state index contributed by atoms with van der Waals surface area (Å²) < 4.78 is 4.70. The van der Waals surface area contributed by atoms with Gasteiger partial charge in [0.2, 0.25) is 0 Å². The van der Waals surface area contributed by atoms with E-state index in [4.69, 9.17) is 16.2 Å². The molecule has 0 aromatic heterocycles. The molecular formula is C11H24N4O2. The molecule has 0 saturated carbocycles. The van der Waals surface area contributed by atoms with E-state index < -0.39 is 6.09 Å². The van der Waals surface area contributed by atoms with E-state index in [1.54, 1.807) is 0 Å². The van der Waals surface area contributed by atoms with Crippen LogP contribution in [0.25, 0.3) is 0 Å². The van der Waals surface area contributed by atoms with Crippen LogP contribution in [0, 0.1) is 0 Å². The summed E-state index contributed by atoms with van der Waals surface area (Å²) >= 11 is 0. The van der Waals surface area contributed by atoms with Crippen molar-refractivity contribution in [2.45, 2.75) is 12.8 Å². The molecule has 1 rings (SSSR count). The van der Waals surface area contributed by atoms with Gasteiger partial charge in [-0.1, -0.05) is 0 Å². The van der Waals surface area contributed by atoms with E-state index in [2.05, 4.69) is 9.80 Å². The number of nitrogens with zero attached hydrogens (tertiary/aromatic N) is 2. The van der Waals surface area contributed by atoms with Gasteiger partial charge in [-0.3, -0.25) is 0 Å². The molecular weight excluding hydrogens is 220 g/mol. The summed E-state index contributed by atoms with van der Waals surface area (Å²) in [5.74, 6) is 0. The largest absolute Gasteiger partial charge is 0.450 e. The first-order valence-corrected chi connectivity index (χ1v) is 6.29. The van der Waals surface area contributed by atoms with E-state index >= 15 is 0 Å². The van der Waals surface area contributed by atoms with Crippen molar-refractivity contribution in [3.8, 4) is 0 Å². The molecule has 1 aliphatic heterocycles. The number of carbonyl (C=O) groups is 1. The highest BCUT2D eigenvalue weighted by atomic mass is 16.5. The zero-order valence-electron chi connectivity index (χ0n) is 10.4. The summed E-state index contributed by atoms with van der Waals surface area (Å²) in [6, 6.07) is 0. The van der Waals surface area contributed by atoms with Crippen molar-refractivity contribution in [1.82, 2.24) is 9.80 Å². The van der Waals surface area contributed by atoms with Crippen molar-refractivity contribution in [2.24, 2.45) is 11.5 Å². The van der Waals surface area contributed by atoms with Crippen LogP contribution in [-0.2, 0) is 4.74 Å². The van der Waals surface area contributed by atoms with Gasteiger partial charge in [-0.05, 0) is 25.9 Å². The standard InChI is InChI=1S/C11H24N4O2/c12-3-1-4-14-6-8-15(9-7-14)5-2-10-17-11(13)16/h1-10,12H2,(H2,13,16). The van der Waals surface area contributed by atoms with Gasteiger partial charge < -0.3 is 26.0 Å². The summed E-state index contributed by atoms with van der Waals surface area (Å²) in [7, 11) is 0. The first kappa shape index (κ1) is 14.2. The first-order valence-electron chi connectivity index (χ1n) is 6.29. The maximum absolute atomic E-state index is 10.4. The number of piperazine rings is 1. The lowest BCUT2D eigenvalue weighted by molar-refractivity contribution is 0.116. The molecule has 0 unspecified atom stereocenters. The lowest BCUT2D eigenvalue weighted by atomic mass is 10.2. The van der Waals surface area contributed by atoms with Gasteiger partial charge in [0.15, 0.2) is 0 Å². The van der Waals surface area contributed by atoms with Gasteiger partial charge in [-0.25, -0.2) is 4.79 Å². The van der Waals surface area contributed by atoms with Crippen molar-refractivity contribution in [3.05, 3.63) is 0 Å². The molecule has 0 atom stereocenters. The molecule has 1 aliphatic rings. The number of primary amides is 1. The van der Waals surface area contributed by atoms with Crippen molar-refractivity contribution >= 4 is 6.09 Å². The van der Waals surface area contributed by atoms with E-state index in [0.717, 1.165) is 58.7 Å². The van der Waals surface area contributed by atoms with Gasteiger partial charge >= 0.3 is 6.09 Å². The number of amides is 1. The van der Waals surface area contributed by atoms with Crippen LogP contribution in [0.1, 0.15) is 12.8 Å². The molecule has 1 heterocycles. The Bertz CT molecular complexity index is 218. The third kappa shape index (κ3) is 6.45. The summed E-state index contributed by atoms with van der Waals surface area (Å²) in [5.41, 5.74) is 10.4. The smallest absolute Gasteiger partial charge is 0.404 e.